The van der Waals surface area contributed by atoms with Gasteiger partial charge in [-0.2, -0.15) is 0 Å². The smallest absolute Gasteiger partial charge is 0.323 e. The monoisotopic (exact) mass is 139 g/mol. The topological polar surface area (TPSA) is 63.3 Å². The number of carboxylic acids is 1. The number of nitrogens with two attached hydrogens (primary N) is 1. The highest BCUT2D eigenvalue weighted by atomic mass is 35.5. The highest BCUT2D eigenvalue weighted by molar-refractivity contribution is 5.85. The van der Waals surface area contributed by atoms with E-state index in [0.717, 1.165) is 0 Å². The second-order valence-corrected chi connectivity index (χ2v) is 2.03. The summed E-state index contributed by atoms with van der Waals surface area (Å²) < 4.78 is 0. The summed E-state index contributed by atoms with van der Waals surface area (Å²) in [4.78, 5) is 9.90. The first-order chi connectivity index (χ1) is 2.94. The standard InChI is InChI=1S/C4H9NO2.ClH/c1-4(2,5)3(6)7;/h5H2,1-2H3,(H,6,7);1H. The fourth-order valence-electron chi connectivity index (χ4n) is 0. The lowest BCUT2D eigenvalue weighted by Gasteiger charge is -2.09. The number of carboxylic acid groups (broad SMARTS) is 1. The Labute approximate surface area is 54.3 Å². The highest BCUT2D eigenvalue weighted by Crippen LogP contribution is 1.93. The van der Waals surface area contributed by atoms with Crippen LogP contribution in [0.4, 0.5) is 0 Å². The Balaban J connectivity index is 0. The van der Waals surface area contributed by atoms with Crippen LogP contribution in [0.3, 0.4) is 0 Å². The Morgan fingerprint density at radius 3 is 1.75 bits per heavy atom. The van der Waals surface area contributed by atoms with Crippen molar-refractivity contribution in [3.63, 3.8) is 0 Å². The predicted octanol–water partition coefficient (Wildman–Crippen LogP) is 0.230. The van der Waals surface area contributed by atoms with Crippen LogP contribution in [-0.2, 0) is 4.79 Å². The van der Waals surface area contributed by atoms with Crippen molar-refractivity contribution in [3.05, 3.63) is 0 Å². The molecule has 0 fully saturated rings. The largest absolute Gasteiger partial charge is 0.480 e. The summed E-state index contributed by atoms with van der Waals surface area (Å²) in [5.41, 5.74) is 4.00. The summed E-state index contributed by atoms with van der Waals surface area (Å²) in [6, 6.07) is 0. The van der Waals surface area contributed by atoms with Crippen molar-refractivity contribution in [2.45, 2.75) is 19.4 Å². The van der Waals surface area contributed by atoms with Gasteiger partial charge in [0.05, 0.1) is 0 Å². The van der Waals surface area contributed by atoms with Gasteiger partial charge in [0.2, 0.25) is 0 Å². The van der Waals surface area contributed by atoms with Crippen molar-refractivity contribution < 1.29 is 9.90 Å². The lowest BCUT2D eigenvalue weighted by Crippen LogP contribution is -2.41. The molecule has 0 spiro atoms. The van der Waals surface area contributed by atoms with Crippen LogP contribution in [0.2, 0.25) is 0 Å². The fourth-order valence-corrected chi connectivity index (χ4v) is 0. The first-order valence-electron chi connectivity index (χ1n) is 1.97. The van der Waals surface area contributed by atoms with E-state index in [2.05, 4.69) is 0 Å². The molecule has 8 heavy (non-hydrogen) atoms. The Hall–Kier alpha value is -0.280. The molecular weight excluding hydrogens is 130 g/mol. The summed E-state index contributed by atoms with van der Waals surface area (Å²) in [6.45, 7) is 2.88. The minimum atomic E-state index is -1.08. The summed E-state index contributed by atoms with van der Waals surface area (Å²) in [7, 11) is 0. The molecule has 0 aliphatic carbocycles. The molecule has 0 bridgehead atoms. The van der Waals surface area contributed by atoms with Gasteiger partial charge in [-0.15, -0.1) is 12.4 Å². The lowest BCUT2D eigenvalue weighted by atomic mass is 10.1. The van der Waals surface area contributed by atoms with Gasteiger partial charge in [-0.05, 0) is 13.8 Å². The lowest BCUT2D eigenvalue weighted by molar-refractivity contribution is -0.141. The number of carbonyl (C=O) groups is 1. The number of rotatable bonds is 1. The third-order valence-electron chi connectivity index (χ3n) is 0.551. The molecule has 0 aromatic heterocycles. The average Bonchev–Trinajstić information content (AvgIpc) is 1.31. The van der Waals surface area contributed by atoms with Gasteiger partial charge in [0.25, 0.3) is 0 Å². The molecule has 0 radical (unpaired) electrons. The van der Waals surface area contributed by atoms with Gasteiger partial charge in [-0.3, -0.25) is 4.79 Å². The molecule has 0 aromatic carbocycles. The van der Waals surface area contributed by atoms with E-state index in [4.69, 9.17) is 10.8 Å². The molecule has 3 N–H and O–H groups in total. The first kappa shape index (κ1) is 10.7. The van der Waals surface area contributed by atoms with Crippen LogP contribution in [-0.4, -0.2) is 16.6 Å². The first-order valence-corrected chi connectivity index (χ1v) is 1.97. The van der Waals surface area contributed by atoms with E-state index in [0.29, 0.717) is 0 Å². The SMILES string of the molecule is CC(C)(N)C(=O)O.Cl. The zero-order valence-electron chi connectivity index (χ0n) is 4.84. The molecule has 0 rings (SSSR count). The second-order valence-electron chi connectivity index (χ2n) is 2.03. The predicted molar refractivity (Wildman–Crippen MR) is 33.2 cm³/mol. The normalized spacial score (nSPS) is 9.88. The minimum absolute atomic E-state index is 0. The van der Waals surface area contributed by atoms with Gasteiger partial charge >= 0.3 is 5.97 Å². The van der Waals surface area contributed by atoms with Crippen LogP contribution in [0.15, 0.2) is 0 Å². The average molecular weight is 140 g/mol. The number of hydrogen-bond donors (Lipinski definition) is 2. The molecule has 0 saturated carbocycles. The van der Waals surface area contributed by atoms with E-state index >= 15 is 0 Å². The van der Waals surface area contributed by atoms with Gasteiger partial charge in [-0.1, -0.05) is 0 Å². The van der Waals surface area contributed by atoms with Crippen LogP contribution in [0.25, 0.3) is 0 Å². The van der Waals surface area contributed by atoms with Gasteiger partial charge in [0.15, 0.2) is 0 Å². The van der Waals surface area contributed by atoms with Crippen LogP contribution >= 0.6 is 12.4 Å². The molecule has 0 aliphatic heterocycles. The molecule has 0 saturated heterocycles. The van der Waals surface area contributed by atoms with E-state index in [-0.39, 0.29) is 12.4 Å². The number of hydrogen-bond acceptors (Lipinski definition) is 2. The van der Waals surface area contributed by atoms with Gasteiger partial charge < -0.3 is 10.8 Å². The molecule has 50 valence electrons. The molecule has 4 heteroatoms. The summed E-state index contributed by atoms with van der Waals surface area (Å²) in [5.74, 6) is -0.979. The van der Waals surface area contributed by atoms with E-state index in [1.807, 2.05) is 0 Å². The molecule has 0 unspecified atom stereocenters. The van der Waals surface area contributed by atoms with Crippen molar-refractivity contribution >= 4 is 18.4 Å². The molecule has 3 nitrogen and oxygen atoms in total. The zero-order valence-corrected chi connectivity index (χ0v) is 5.66. The fraction of sp³-hybridized carbons (Fsp3) is 0.750. The van der Waals surface area contributed by atoms with Crippen LogP contribution in [0.1, 0.15) is 13.8 Å². The van der Waals surface area contributed by atoms with E-state index in [1.54, 1.807) is 0 Å². The minimum Gasteiger partial charge on any atom is -0.480 e. The summed E-state index contributed by atoms with van der Waals surface area (Å²) >= 11 is 0. The maximum Gasteiger partial charge on any atom is 0.323 e. The quantitative estimate of drug-likeness (QED) is 0.547. The van der Waals surface area contributed by atoms with E-state index in [9.17, 15) is 4.79 Å². The molecule has 0 heterocycles. The molecule has 0 atom stereocenters. The van der Waals surface area contributed by atoms with E-state index < -0.39 is 11.5 Å². The molecule has 0 amide bonds. The van der Waals surface area contributed by atoms with Gasteiger partial charge in [0.1, 0.15) is 5.54 Å². The zero-order chi connectivity index (χ0) is 6.08. The number of halogens is 1. The van der Waals surface area contributed by atoms with Crippen LogP contribution in [0, 0.1) is 0 Å². The Morgan fingerprint density at radius 1 is 1.62 bits per heavy atom. The Morgan fingerprint density at radius 2 is 1.75 bits per heavy atom. The maximum absolute atomic E-state index is 9.90. The van der Waals surface area contributed by atoms with Crippen molar-refractivity contribution in [1.29, 1.82) is 0 Å². The molecular formula is C4H10ClNO2. The van der Waals surface area contributed by atoms with E-state index in [1.165, 1.54) is 13.8 Å². The van der Waals surface area contributed by atoms with Crippen molar-refractivity contribution in [2.24, 2.45) is 5.73 Å². The Bertz CT molecular complexity index is 86.5. The third-order valence-corrected chi connectivity index (χ3v) is 0.551. The molecule has 0 aromatic rings. The van der Waals surface area contributed by atoms with Crippen LogP contribution in [0.5, 0.6) is 0 Å². The second kappa shape index (κ2) is 2.89. The van der Waals surface area contributed by atoms with Gasteiger partial charge in [-0.25, -0.2) is 0 Å². The molecule has 0 aliphatic rings. The highest BCUT2D eigenvalue weighted by Gasteiger charge is 2.19. The van der Waals surface area contributed by atoms with Crippen molar-refractivity contribution in [1.82, 2.24) is 0 Å². The van der Waals surface area contributed by atoms with Crippen LogP contribution < -0.4 is 5.73 Å². The maximum atomic E-state index is 9.90. The van der Waals surface area contributed by atoms with Gasteiger partial charge in [0, 0.05) is 0 Å². The van der Waals surface area contributed by atoms with Crippen molar-refractivity contribution in [2.75, 3.05) is 0 Å². The van der Waals surface area contributed by atoms with Crippen molar-refractivity contribution in [3.8, 4) is 0 Å². The number of aliphatic carboxylic acids is 1. The Kier molecular flexibility index (Phi) is 3.85. The summed E-state index contributed by atoms with van der Waals surface area (Å²) in [6.07, 6.45) is 0. The summed E-state index contributed by atoms with van der Waals surface area (Å²) in [5, 5.41) is 8.12. The third kappa shape index (κ3) is 3.89.